The molecule has 0 fully saturated rings. The Morgan fingerprint density at radius 2 is 2.22 bits per heavy atom. The second-order valence-corrected chi connectivity index (χ2v) is 4.91. The van der Waals surface area contributed by atoms with Gasteiger partial charge in [0.1, 0.15) is 5.82 Å². The van der Waals surface area contributed by atoms with Crippen molar-refractivity contribution < 1.29 is 9.18 Å². The number of halogens is 1. The minimum absolute atomic E-state index is 0.246. The molecule has 1 aliphatic carbocycles. The maximum Gasteiger partial charge on any atom is 0.226 e. The number of H-pyrrole nitrogens is 1. The Hall–Kier alpha value is -1.84. The van der Waals surface area contributed by atoms with Crippen molar-refractivity contribution in [2.45, 2.75) is 31.6 Å². The van der Waals surface area contributed by atoms with Crippen LogP contribution in [0.5, 0.6) is 0 Å². The van der Waals surface area contributed by atoms with Crippen molar-refractivity contribution in [3.8, 4) is 0 Å². The Bertz CT molecular complexity index is 618. The topological polar surface area (TPSA) is 58.9 Å². The molecule has 18 heavy (non-hydrogen) atoms. The van der Waals surface area contributed by atoms with Gasteiger partial charge in [-0.1, -0.05) is 6.42 Å². The second-order valence-electron chi connectivity index (χ2n) is 4.91. The van der Waals surface area contributed by atoms with Crippen LogP contribution < -0.4 is 5.73 Å². The number of aromatic nitrogens is 1. The van der Waals surface area contributed by atoms with Crippen LogP contribution in [0.15, 0.2) is 18.2 Å². The number of primary amides is 1. The normalized spacial score (nSPS) is 19.5. The van der Waals surface area contributed by atoms with Gasteiger partial charge in [0.25, 0.3) is 0 Å². The van der Waals surface area contributed by atoms with Crippen molar-refractivity contribution >= 4 is 16.8 Å². The molecule has 1 atom stereocenters. The fourth-order valence-electron chi connectivity index (χ4n) is 2.89. The van der Waals surface area contributed by atoms with Gasteiger partial charge in [-0.25, -0.2) is 4.39 Å². The zero-order chi connectivity index (χ0) is 12.7. The number of aryl methyl sites for hydroxylation is 1. The minimum Gasteiger partial charge on any atom is -0.369 e. The molecule has 1 aromatic heterocycles. The summed E-state index contributed by atoms with van der Waals surface area (Å²) in [4.78, 5) is 14.8. The lowest BCUT2D eigenvalue weighted by atomic mass is 9.98. The van der Waals surface area contributed by atoms with E-state index >= 15 is 0 Å². The number of hydrogen-bond donors (Lipinski definition) is 2. The van der Waals surface area contributed by atoms with Crippen LogP contribution in [-0.4, -0.2) is 10.9 Å². The van der Waals surface area contributed by atoms with Crippen molar-refractivity contribution in [3.63, 3.8) is 0 Å². The standard InChI is InChI=1S/C14H15FN2O/c15-8-5-6-12-11(7-8)9-3-1-2-4-10(14(16)18)13(9)17-12/h5-7,10,17H,1-4H2,(H2,16,18)/t10-/m0/s1. The van der Waals surface area contributed by atoms with E-state index < -0.39 is 0 Å². The van der Waals surface area contributed by atoms with Crippen LogP contribution >= 0.6 is 0 Å². The largest absolute Gasteiger partial charge is 0.369 e. The first-order valence-electron chi connectivity index (χ1n) is 6.26. The summed E-state index contributed by atoms with van der Waals surface area (Å²) in [6.45, 7) is 0. The van der Waals surface area contributed by atoms with E-state index in [9.17, 15) is 9.18 Å². The summed E-state index contributed by atoms with van der Waals surface area (Å²) in [6, 6.07) is 4.68. The lowest BCUT2D eigenvalue weighted by Crippen LogP contribution is -2.21. The zero-order valence-corrected chi connectivity index (χ0v) is 10.0. The van der Waals surface area contributed by atoms with E-state index in [0.717, 1.165) is 47.8 Å². The van der Waals surface area contributed by atoms with E-state index in [4.69, 9.17) is 5.73 Å². The van der Waals surface area contributed by atoms with Gasteiger partial charge in [0.05, 0.1) is 5.92 Å². The number of nitrogens with one attached hydrogen (secondary N) is 1. The SMILES string of the molecule is NC(=O)[C@H]1CCCCc2c1[nH]c1ccc(F)cc21. The highest BCUT2D eigenvalue weighted by Gasteiger charge is 2.26. The van der Waals surface area contributed by atoms with Gasteiger partial charge in [0, 0.05) is 16.6 Å². The number of carbonyl (C=O) groups excluding carboxylic acids is 1. The molecule has 1 aromatic carbocycles. The Labute approximate surface area is 104 Å². The molecule has 3 nitrogen and oxygen atoms in total. The average molecular weight is 246 g/mol. The van der Waals surface area contributed by atoms with E-state index in [1.54, 1.807) is 6.07 Å². The third-order valence-corrected chi connectivity index (χ3v) is 3.76. The van der Waals surface area contributed by atoms with E-state index in [0.29, 0.717) is 0 Å². The monoisotopic (exact) mass is 246 g/mol. The molecule has 94 valence electrons. The van der Waals surface area contributed by atoms with E-state index in [1.807, 2.05) is 0 Å². The highest BCUT2D eigenvalue weighted by molar-refractivity contribution is 5.89. The molecule has 3 N–H and O–H groups in total. The molecule has 0 saturated heterocycles. The summed E-state index contributed by atoms with van der Waals surface area (Å²) in [5, 5.41) is 0.887. The Morgan fingerprint density at radius 3 is 3.00 bits per heavy atom. The molecular weight excluding hydrogens is 231 g/mol. The summed E-state index contributed by atoms with van der Waals surface area (Å²) >= 11 is 0. The quantitative estimate of drug-likeness (QED) is 0.746. The Kier molecular flexibility index (Phi) is 2.58. The number of rotatable bonds is 1. The molecule has 2 aromatic rings. The van der Waals surface area contributed by atoms with Crippen LogP contribution in [0.4, 0.5) is 4.39 Å². The van der Waals surface area contributed by atoms with Gasteiger partial charge in [-0.05, 0) is 43.0 Å². The van der Waals surface area contributed by atoms with E-state index in [2.05, 4.69) is 4.98 Å². The lowest BCUT2D eigenvalue weighted by Gasteiger charge is -2.09. The molecule has 0 radical (unpaired) electrons. The van der Waals surface area contributed by atoms with Crippen molar-refractivity contribution in [3.05, 3.63) is 35.3 Å². The molecule has 0 aliphatic heterocycles. The number of benzene rings is 1. The van der Waals surface area contributed by atoms with Crippen molar-refractivity contribution in [1.82, 2.24) is 4.98 Å². The molecule has 3 rings (SSSR count). The van der Waals surface area contributed by atoms with Crippen LogP contribution in [0.3, 0.4) is 0 Å². The predicted molar refractivity (Wildman–Crippen MR) is 67.7 cm³/mol. The zero-order valence-electron chi connectivity index (χ0n) is 10.0. The fourth-order valence-corrected chi connectivity index (χ4v) is 2.89. The first kappa shape index (κ1) is 11.3. The van der Waals surface area contributed by atoms with Gasteiger partial charge in [-0.3, -0.25) is 4.79 Å². The fraction of sp³-hybridized carbons (Fsp3) is 0.357. The number of hydrogen-bond acceptors (Lipinski definition) is 1. The first-order chi connectivity index (χ1) is 8.66. The second kappa shape index (κ2) is 4.12. The molecule has 1 aliphatic rings. The molecule has 1 amide bonds. The molecular formula is C14H15FN2O. The average Bonchev–Trinajstić information content (AvgIpc) is 2.55. The molecule has 0 spiro atoms. The number of amides is 1. The van der Waals surface area contributed by atoms with E-state index in [-0.39, 0.29) is 17.6 Å². The number of aromatic amines is 1. The summed E-state index contributed by atoms with van der Waals surface area (Å²) in [5.41, 5.74) is 8.30. The maximum absolute atomic E-state index is 13.3. The van der Waals surface area contributed by atoms with Crippen LogP contribution in [0.1, 0.15) is 36.4 Å². The summed E-state index contributed by atoms with van der Waals surface area (Å²) in [7, 11) is 0. The van der Waals surface area contributed by atoms with Crippen LogP contribution in [0, 0.1) is 5.82 Å². The van der Waals surface area contributed by atoms with Crippen LogP contribution in [0.2, 0.25) is 0 Å². The van der Waals surface area contributed by atoms with Crippen molar-refractivity contribution in [2.75, 3.05) is 0 Å². The summed E-state index contributed by atoms with van der Waals surface area (Å²) < 4.78 is 13.3. The lowest BCUT2D eigenvalue weighted by molar-refractivity contribution is -0.119. The third-order valence-electron chi connectivity index (χ3n) is 3.76. The number of fused-ring (bicyclic) bond motifs is 3. The number of carbonyl (C=O) groups is 1. The molecule has 4 heteroatoms. The Balaban J connectivity index is 2.24. The van der Waals surface area contributed by atoms with Crippen LogP contribution in [0.25, 0.3) is 10.9 Å². The maximum atomic E-state index is 13.3. The smallest absolute Gasteiger partial charge is 0.226 e. The summed E-state index contributed by atoms with van der Waals surface area (Å²) in [5.74, 6) is -0.813. The van der Waals surface area contributed by atoms with Crippen molar-refractivity contribution in [2.24, 2.45) is 5.73 Å². The highest BCUT2D eigenvalue weighted by atomic mass is 19.1. The third kappa shape index (κ3) is 1.68. The predicted octanol–water partition coefficient (Wildman–Crippen LogP) is 2.60. The van der Waals surface area contributed by atoms with Gasteiger partial charge in [0.15, 0.2) is 0 Å². The van der Waals surface area contributed by atoms with Gasteiger partial charge in [-0.2, -0.15) is 0 Å². The van der Waals surface area contributed by atoms with Crippen molar-refractivity contribution in [1.29, 1.82) is 0 Å². The summed E-state index contributed by atoms with van der Waals surface area (Å²) in [6.07, 6.45) is 3.65. The first-order valence-corrected chi connectivity index (χ1v) is 6.26. The van der Waals surface area contributed by atoms with Crippen LogP contribution in [-0.2, 0) is 11.2 Å². The Morgan fingerprint density at radius 1 is 1.39 bits per heavy atom. The van der Waals surface area contributed by atoms with Gasteiger partial charge in [0.2, 0.25) is 5.91 Å². The highest BCUT2D eigenvalue weighted by Crippen LogP contribution is 2.34. The number of nitrogens with two attached hydrogens (primary N) is 1. The molecule has 0 saturated carbocycles. The van der Waals surface area contributed by atoms with Gasteiger partial charge < -0.3 is 10.7 Å². The van der Waals surface area contributed by atoms with E-state index in [1.165, 1.54) is 12.1 Å². The molecule has 1 heterocycles. The van der Waals surface area contributed by atoms with Gasteiger partial charge in [-0.15, -0.1) is 0 Å². The minimum atomic E-state index is -0.301. The molecule has 0 bridgehead atoms. The molecule has 0 unspecified atom stereocenters. The van der Waals surface area contributed by atoms with Gasteiger partial charge >= 0.3 is 0 Å².